The maximum absolute atomic E-state index is 12.4. The van der Waals surface area contributed by atoms with Gasteiger partial charge in [0.1, 0.15) is 12.0 Å². The van der Waals surface area contributed by atoms with Crippen molar-refractivity contribution in [3.63, 3.8) is 0 Å². The van der Waals surface area contributed by atoms with E-state index in [2.05, 4.69) is 10.6 Å². The maximum Gasteiger partial charge on any atom is 0.356 e. The van der Waals surface area contributed by atoms with Crippen LogP contribution in [0.15, 0.2) is 48.5 Å². The highest BCUT2D eigenvalue weighted by Gasteiger charge is 2.23. The van der Waals surface area contributed by atoms with Gasteiger partial charge in [-0.2, -0.15) is 0 Å². The van der Waals surface area contributed by atoms with Crippen LogP contribution >= 0.6 is 7.60 Å². The van der Waals surface area contributed by atoms with E-state index >= 15 is 0 Å². The Hall–Kier alpha value is -3.11. The molecule has 0 radical (unpaired) electrons. The van der Waals surface area contributed by atoms with Crippen molar-refractivity contribution < 1.29 is 32.9 Å². The van der Waals surface area contributed by atoms with Gasteiger partial charge in [0, 0.05) is 17.3 Å². The molecule has 2 amide bonds. The lowest BCUT2D eigenvalue weighted by Gasteiger charge is -2.16. The summed E-state index contributed by atoms with van der Waals surface area (Å²) in [5.41, 5.74) is 0.590. The summed E-state index contributed by atoms with van der Waals surface area (Å²) in [5, 5.41) is 16.2. The molecule has 0 unspecified atom stereocenters. The first-order chi connectivity index (χ1) is 15.8. The fourth-order valence-corrected chi connectivity index (χ4v) is 4.07. The highest BCUT2D eigenvalue weighted by Crippen LogP contribution is 2.47. The molecule has 0 aromatic heterocycles. The Morgan fingerprint density at radius 2 is 1.64 bits per heavy atom. The number of nitrogens with one attached hydrogen (secondary N) is 2. The Balaban J connectivity index is 1.84. The SMILES string of the molecule is CCOP(=O)(COCCC(=O)Nc1ccc(C(=O)Nc2ccccc2[N+](=O)[O-])cc1)OCC. The Morgan fingerprint density at radius 1 is 1.00 bits per heavy atom. The van der Waals surface area contributed by atoms with Crippen LogP contribution < -0.4 is 10.6 Å². The number of anilines is 2. The predicted molar refractivity (Wildman–Crippen MR) is 122 cm³/mol. The quantitative estimate of drug-likeness (QED) is 0.186. The number of nitro groups is 1. The lowest BCUT2D eigenvalue weighted by Crippen LogP contribution is -2.16. The number of hydrogen-bond acceptors (Lipinski definition) is 8. The highest BCUT2D eigenvalue weighted by atomic mass is 31.2. The fraction of sp³-hybridized carbons (Fsp3) is 0.333. The molecule has 0 bridgehead atoms. The van der Waals surface area contributed by atoms with Crippen molar-refractivity contribution in [1.82, 2.24) is 0 Å². The van der Waals surface area contributed by atoms with Crippen molar-refractivity contribution >= 4 is 36.5 Å². The Morgan fingerprint density at radius 3 is 2.24 bits per heavy atom. The van der Waals surface area contributed by atoms with Gasteiger partial charge in [0.05, 0.1) is 31.2 Å². The second-order valence-corrected chi connectivity index (χ2v) is 8.58. The molecule has 33 heavy (non-hydrogen) atoms. The van der Waals surface area contributed by atoms with Crippen molar-refractivity contribution in [3.8, 4) is 0 Å². The van der Waals surface area contributed by atoms with Crippen LogP contribution in [0.25, 0.3) is 0 Å². The molecule has 2 aromatic carbocycles. The number of nitro benzene ring substituents is 1. The molecule has 11 nitrogen and oxygen atoms in total. The van der Waals surface area contributed by atoms with Gasteiger partial charge in [-0.25, -0.2) is 0 Å². The Bertz CT molecular complexity index is 1000. The summed E-state index contributed by atoms with van der Waals surface area (Å²) in [6.07, 6.45) is -0.233. The summed E-state index contributed by atoms with van der Waals surface area (Å²) in [7, 11) is -3.32. The minimum atomic E-state index is -3.32. The van der Waals surface area contributed by atoms with Crippen molar-refractivity contribution in [1.29, 1.82) is 0 Å². The predicted octanol–water partition coefficient (Wildman–Crippen LogP) is 4.42. The van der Waals surface area contributed by atoms with Crippen LogP contribution in [0.4, 0.5) is 17.1 Å². The summed E-state index contributed by atoms with van der Waals surface area (Å²) in [5.74, 6) is -0.863. The number of amides is 2. The van der Waals surface area contributed by atoms with Crippen LogP contribution in [-0.2, 0) is 23.1 Å². The summed E-state index contributed by atoms with van der Waals surface area (Å²) < 4.78 is 27.7. The largest absolute Gasteiger partial charge is 0.368 e. The Kier molecular flexibility index (Phi) is 10.1. The van der Waals surface area contributed by atoms with Gasteiger partial charge in [0.15, 0.2) is 0 Å². The lowest BCUT2D eigenvalue weighted by molar-refractivity contribution is -0.383. The first-order valence-corrected chi connectivity index (χ1v) is 11.9. The molecule has 0 aliphatic rings. The van der Waals surface area contributed by atoms with E-state index in [1.165, 1.54) is 42.5 Å². The molecule has 0 aliphatic carbocycles. The van der Waals surface area contributed by atoms with Gasteiger partial charge in [-0.05, 0) is 44.2 Å². The molecule has 0 saturated heterocycles. The van der Waals surface area contributed by atoms with E-state index in [0.29, 0.717) is 5.69 Å². The number of ether oxygens (including phenoxy) is 1. The van der Waals surface area contributed by atoms with E-state index in [9.17, 15) is 24.3 Å². The van der Waals surface area contributed by atoms with E-state index in [1.807, 2.05) is 0 Å². The third kappa shape index (κ3) is 8.39. The van der Waals surface area contributed by atoms with E-state index in [4.69, 9.17) is 13.8 Å². The molecule has 12 heteroatoms. The molecule has 2 N–H and O–H groups in total. The normalized spacial score (nSPS) is 11.1. The second-order valence-electron chi connectivity index (χ2n) is 6.59. The molecule has 0 aliphatic heterocycles. The number of hydrogen-bond donors (Lipinski definition) is 2. The fourth-order valence-electron chi connectivity index (χ4n) is 2.71. The molecule has 2 rings (SSSR count). The maximum atomic E-state index is 12.4. The van der Waals surface area contributed by atoms with E-state index in [-0.39, 0.29) is 55.4 Å². The molecule has 0 atom stereocenters. The molecule has 0 spiro atoms. The average Bonchev–Trinajstić information content (AvgIpc) is 2.78. The summed E-state index contributed by atoms with van der Waals surface area (Å²) >= 11 is 0. The number of rotatable bonds is 13. The number of carbonyl (C=O) groups excluding carboxylic acids is 2. The number of para-hydroxylation sites is 2. The van der Waals surface area contributed by atoms with Crippen molar-refractivity contribution in [3.05, 3.63) is 64.2 Å². The van der Waals surface area contributed by atoms with E-state index in [0.717, 1.165) is 0 Å². The number of nitrogens with zero attached hydrogens (tertiary/aromatic N) is 1. The minimum absolute atomic E-state index is 0.0121. The topological polar surface area (TPSA) is 146 Å². The first-order valence-electron chi connectivity index (χ1n) is 10.2. The van der Waals surface area contributed by atoms with E-state index < -0.39 is 18.4 Å². The smallest absolute Gasteiger partial charge is 0.356 e. The molecule has 2 aromatic rings. The zero-order valence-corrected chi connectivity index (χ0v) is 19.2. The summed E-state index contributed by atoms with van der Waals surface area (Å²) in [6.45, 7) is 3.85. The van der Waals surface area contributed by atoms with Gasteiger partial charge in [0.2, 0.25) is 5.91 Å². The van der Waals surface area contributed by atoms with Gasteiger partial charge in [-0.15, -0.1) is 0 Å². The molecule has 0 fully saturated rings. The van der Waals surface area contributed by atoms with Crippen LogP contribution in [0.2, 0.25) is 0 Å². The van der Waals surface area contributed by atoms with Gasteiger partial charge < -0.3 is 24.4 Å². The standard InChI is InChI=1S/C21H26N3O8P/c1-3-31-33(29,32-4-2)15-30-14-13-20(25)22-17-11-9-16(10-12-17)21(26)23-18-7-5-6-8-19(18)24(27)28/h5-12H,3-4,13-15H2,1-2H3,(H,22,25)(H,23,26). The van der Waals surface area contributed by atoms with Crippen LogP contribution in [-0.4, -0.2) is 42.9 Å². The average molecular weight is 479 g/mol. The molecular weight excluding hydrogens is 453 g/mol. The molecule has 0 saturated carbocycles. The first kappa shape index (κ1) is 26.1. The van der Waals surface area contributed by atoms with Crippen LogP contribution in [0.5, 0.6) is 0 Å². The monoisotopic (exact) mass is 479 g/mol. The van der Waals surface area contributed by atoms with Gasteiger partial charge in [-0.3, -0.25) is 24.3 Å². The van der Waals surface area contributed by atoms with Crippen molar-refractivity contribution in [2.24, 2.45) is 0 Å². The molecular formula is C21H26N3O8P. The summed E-state index contributed by atoms with van der Waals surface area (Å²) in [4.78, 5) is 35.0. The Labute approximate surface area is 191 Å². The van der Waals surface area contributed by atoms with Gasteiger partial charge in [-0.1, -0.05) is 12.1 Å². The summed E-state index contributed by atoms with van der Waals surface area (Å²) in [6, 6.07) is 11.9. The second kappa shape index (κ2) is 12.8. The van der Waals surface area contributed by atoms with Crippen molar-refractivity contribution in [2.75, 3.05) is 36.8 Å². The molecule has 178 valence electrons. The lowest BCUT2D eigenvalue weighted by atomic mass is 10.1. The number of benzene rings is 2. The number of carbonyl (C=O) groups is 2. The van der Waals surface area contributed by atoms with Gasteiger partial charge in [0.25, 0.3) is 11.6 Å². The third-order valence-corrected chi connectivity index (χ3v) is 5.96. The van der Waals surface area contributed by atoms with E-state index in [1.54, 1.807) is 19.9 Å². The van der Waals surface area contributed by atoms with Crippen LogP contribution in [0.3, 0.4) is 0 Å². The van der Waals surface area contributed by atoms with Crippen LogP contribution in [0.1, 0.15) is 30.6 Å². The zero-order valence-electron chi connectivity index (χ0n) is 18.3. The molecule has 0 heterocycles. The zero-order chi connectivity index (χ0) is 24.3. The highest BCUT2D eigenvalue weighted by molar-refractivity contribution is 7.53. The van der Waals surface area contributed by atoms with Crippen LogP contribution in [0, 0.1) is 10.1 Å². The third-order valence-electron chi connectivity index (χ3n) is 4.15. The van der Waals surface area contributed by atoms with Gasteiger partial charge >= 0.3 is 7.60 Å². The van der Waals surface area contributed by atoms with Crippen molar-refractivity contribution in [2.45, 2.75) is 20.3 Å². The minimum Gasteiger partial charge on any atom is -0.368 e.